The molecule has 1 aromatic heterocycles. The standard InChI is InChI=1S/C14H12ClN3O3/c15-10-5-4-9(3-1-2-6-19)7-11(10)17-13(20)12-8-16-14(21)18-12/h4-5,7-8,19H,2,6H2,(H,17,20)(H2,16,18,21). The molecule has 0 aliphatic heterocycles. The lowest BCUT2D eigenvalue weighted by molar-refractivity contribution is 0.102. The van der Waals surface area contributed by atoms with Gasteiger partial charge in [-0.25, -0.2) is 4.79 Å². The monoisotopic (exact) mass is 305 g/mol. The molecule has 0 spiro atoms. The molecule has 0 fully saturated rings. The molecule has 2 rings (SSSR count). The minimum atomic E-state index is -0.490. The van der Waals surface area contributed by atoms with Crippen LogP contribution in [0.3, 0.4) is 0 Å². The number of benzene rings is 1. The Labute approximate surface area is 125 Å². The number of anilines is 1. The number of nitrogens with one attached hydrogen (secondary N) is 3. The molecular formula is C14H12ClN3O3. The van der Waals surface area contributed by atoms with Gasteiger partial charge in [0.2, 0.25) is 0 Å². The van der Waals surface area contributed by atoms with Gasteiger partial charge < -0.3 is 20.4 Å². The van der Waals surface area contributed by atoms with Crippen LogP contribution in [0, 0.1) is 11.8 Å². The van der Waals surface area contributed by atoms with E-state index in [4.69, 9.17) is 16.7 Å². The van der Waals surface area contributed by atoms with Crippen LogP contribution in [0.4, 0.5) is 5.69 Å². The quantitative estimate of drug-likeness (QED) is 0.644. The Bertz CT molecular complexity index is 768. The van der Waals surface area contributed by atoms with Gasteiger partial charge in [0.05, 0.1) is 17.3 Å². The lowest BCUT2D eigenvalue weighted by Gasteiger charge is -2.06. The normalized spacial score (nSPS) is 9.81. The molecule has 6 nitrogen and oxygen atoms in total. The van der Waals surface area contributed by atoms with Gasteiger partial charge >= 0.3 is 5.69 Å². The van der Waals surface area contributed by atoms with Gasteiger partial charge in [-0.3, -0.25) is 4.79 Å². The molecule has 0 atom stereocenters. The first-order valence-corrected chi connectivity index (χ1v) is 6.46. The Kier molecular flexibility index (Phi) is 4.82. The van der Waals surface area contributed by atoms with E-state index in [1.807, 2.05) is 0 Å². The van der Waals surface area contributed by atoms with Crippen LogP contribution in [0.25, 0.3) is 0 Å². The summed E-state index contributed by atoms with van der Waals surface area (Å²) in [6.07, 6.45) is 1.64. The second kappa shape index (κ2) is 6.79. The SMILES string of the molecule is O=C(Nc1cc(C#CCCO)ccc1Cl)c1c[nH]c(=O)[nH]1. The minimum Gasteiger partial charge on any atom is -0.395 e. The molecule has 21 heavy (non-hydrogen) atoms. The van der Waals surface area contributed by atoms with Crippen molar-refractivity contribution in [1.29, 1.82) is 0 Å². The van der Waals surface area contributed by atoms with Gasteiger partial charge in [0.25, 0.3) is 5.91 Å². The maximum atomic E-state index is 11.9. The van der Waals surface area contributed by atoms with Crippen molar-refractivity contribution in [2.24, 2.45) is 0 Å². The summed E-state index contributed by atoms with van der Waals surface area (Å²) in [6.45, 7) is -0.00889. The van der Waals surface area contributed by atoms with Crippen LogP contribution < -0.4 is 11.0 Å². The van der Waals surface area contributed by atoms with Gasteiger partial charge in [0.15, 0.2) is 0 Å². The largest absolute Gasteiger partial charge is 0.395 e. The van der Waals surface area contributed by atoms with E-state index in [1.165, 1.54) is 6.20 Å². The summed E-state index contributed by atoms with van der Waals surface area (Å²) in [4.78, 5) is 27.6. The fourth-order valence-corrected chi connectivity index (χ4v) is 1.73. The summed E-state index contributed by atoms with van der Waals surface area (Å²) in [7, 11) is 0. The van der Waals surface area contributed by atoms with Crippen molar-refractivity contribution in [3.63, 3.8) is 0 Å². The topological polar surface area (TPSA) is 98.0 Å². The number of H-pyrrole nitrogens is 2. The fraction of sp³-hybridized carbons (Fsp3) is 0.143. The number of rotatable bonds is 3. The predicted molar refractivity (Wildman–Crippen MR) is 79.4 cm³/mol. The number of hydrogen-bond acceptors (Lipinski definition) is 3. The van der Waals surface area contributed by atoms with Crippen molar-refractivity contribution in [2.75, 3.05) is 11.9 Å². The molecule has 0 aliphatic carbocycles. The molecule has 0 saturated heterocycles. The summed E-state index contributed by atoms with van der Waals surface area (Å²) in [5.74, 6) is 5.13. The Hall–Kier alpha value is -2.49. The number of aromatic amines is 2. The summed E-state index contributed by atoms with van der Waals surface area (Å²) in [6, 6.07) is 4.94. The van der Waals surface area contributed by atoms with Crippen molar-refractivity contribution in [3.05, 3.63) is 51.2 Å². The maximum Gasteiger partial charge on any atom is 0.323 e. The summed E-state index contributed by atoms with van der Waals surface area (Å²) < 4.78 is 0. The molecule has 7 heteroatoms. The van der Waals surface area contributed by atoms with Crippen LogP contribution in [0.2, 0.25) is 5.02 Å². The number of aliphatic hydroxyl groups is 1. The van der Waals surface area contributed by atoms with Gasteiger partial charge in [-0.2, -0.15) is 0 Å². The number of hydrogen-bond donors (Lipinski definition) is 4. The van der Waals surface area contributed by atoms with Gasteiger partial charge in [0.1, 0.15) is 5.69 Å². The molecule has 2 aromatic rings. The second-order valence-corrected chi connectivity index (χ2v) is 4.49. The summed E-state index contributed by atoms with van der Waals surface area (Å²) in [5, 5.41) is 11.6. The van der Waals surface area contributed by atoms with E-state index in [-0.39, 0.29) is 12.3 Å². The first-order chi connectivity index (χ1) is 10.1. The highest BCUT2D eigenvalue weighted by Crippen LogP contribution is 2.23. The van der Waals surface area contributed by atoms with Gasteiger partial charge in [-0.1, -0.05) is 23.4 Å². The molecule has 0 saturated carbocycles. The molecule has 1 aromatic carbocycles. The number of imidazole rings is 1. The maximum absolute atomic E-state index is 11.9. The van der Waals surface area contributed by atoms with Crippen LogP contribution in [0.15, 0.2) is 29.2 Å². The number of aliphatic hydroxyl groups excluding tert-OH is 1. The van der Waals surface area contributed by atoms with E-state index >= 15 is 0 Å². The van der Waals surface area contributed by atoms with Gasteiger partial charge in [-0.05, 0) is 18.2 Å². The molecule has 0 bridgehead atoms. The van der Waals surface area contributed by atoms with E-state index in [2.05, 4.69) is 27.1 Å². The van der Waals surface area contributed by atoms with Crippen LogP contribution in [-0.4, -0.2) is 27.6 Å². The van der Waals surface area contributed by atoms with Crippen LogP contribution in [0.5, 0.6) is 0 Å². The van der Waals surface area contributed by atoms with Gasteiger partial charge in [-0.15, -0.1) is 0 Å². The second-order valence-electron chi connectivity index (χ2n) is 4.08. The zero-order valence-electron chi connectivity index (χ0n) is 10.9. The van der Waals surface area contributed by atoms with Crippen molar-refractivity contribution in [1.82, 2.24) is 9.97 Å². The van der Waals surface area contributed by atoms with Crippen molar-refractivity contribution >= 4 is 23.2 Å². The van der Waals surface area contributed by atoms with E-state index in [9.17, 15) is 9.59 Å². The third-order valence-electron chi connectivity index (χ3n) is 2.52. The molecular weight excluding hydrogens is 294 g/mol. The third-order valence-corrected chi connectivity index (χ3v) is 2.85. The van der Waals surface area contributed by atoms with E-state index in [0.717, 1.165) is 0 Å². The first-order valence-electron chi connectivity index (χ1n) is 6.08. The zero-order valence-corrected chi connectivity index (χ0v) is 11.6. The average molecular weight is 306 g/mol. The molecule has 108 valence electrons. The Morgan fingerprint density at radius 3 is 2.90 bits per heavy atom. The Balaban J connectivity index is 2.19. The highest BCUT2D eigenvalue weighted by Gasteiger charge is 2.10. The molecule has 0 aliphatic rings. The fourth-order valence-electron chi connectivity index (χ4n) is 1.56. The first kappa shape index (κ1) is 14.9. The lowest BCUT2D eigenvalue weighted by Crippen LogP contribution is -2.14. The molecule has 1 heterocycles. The Morgan fingerprint density at radius 2 is 2.24 bits per heavy atom. The molecule has 1 amide bonds. The molecule has 0 unspecified atom stereocenters. The number of amides is 1. The van der Waals surface area contributed by atoms with Gasteiger partial charge in [0, 0.05) is 18.2 Å². The van der Waals surface area contributed by atoms with Crippen molar-refractivity contribution in [2.45, 2.75) is 6.42 Å². The predicted octanol–water partition coefficient (Wildman–Crippen LogP) is 1.34. The van der Waals surface area contributed by atoms with E-state index < -0.39 is 11.6 Å². The Morgan fingerprint density at radius 1 is 1.43 bits per heavy atom. The number of carbonyl (C=O) groups is 1. The zero-order chi connectivity index (χ0) is 15.2. The summed E-state index contributed by atoms with van der Waals surface area (Å²) >= 11 is 6.01. The third kappa shape index (κ3) is 3.99. The van der Waals surface area contributed by atoms with Crippen LogP contribution in [0.1, 0.15) is 22.5 Å². The molecule has 4 N–H and O–H groups in total. The van der Waals surface area contributed by atoms with Crippen molar-refractivity contribution in [3.8, 4) is 11.8 Å². The number of aromatic nitrogens is 2. The lowest BCUT2D eigenvalue weighted by atomic mass is 10.2. The molecule has 0 radical (unpaired) electrons. The minimum absolute atomic E-state index is 0.00889. The van der Waals surface area contributed by atoms with E-state index in [0.29, 0.717) is 22.7 Å². The highest BCUT2D eigenvalue weighted by molar-refractivity contribution is 6.33. The number of carbonyl (C=O) groups excluding carboxylic acids is 1. The van der Waals surface area contributed by atoms with Crippen LogP contribution in [-0.2, 0) is 0 Å². The average Bonchev–Trinajstić information content (AvgIpc) is 2.89. The van der Waals surface area contributed by atoms with E-state index in [1.54, 1.807) is 18.2 Å². The summed E-state index contributed by atoms with van der Waals surface area (Å²) in [5.41, 5.74) is 0.688. The van der Waals surface area contributed by atoms with Crippen LogP contribution >= 0.6 is 11.6 Å². The van der Waals surface area contributed by atoms with Crippen molar-refractivity contribution < 1.29 is 9.90 Å². The smallest absolute Gasteiger partial charge is 0.323 e. The highest BCUT2D eigenvalue weighted by atomic mass is 35.5. The number of halogens is 1.